The second-order valence-electron chi connectivity index (χ2n) is 7.62. The first-order valence-electron chi connectivity index (χ1n) is 8.70. The molecule has 6 aliphatic rings. The summed E-state index contributed by atoms with van der Waals surface area (Å²) in [5, 5.41) is 0. The summed E-state index contributed by atoms with van der Waals surface area (Å²) in [5.41, 5.74) is 0. The van der Waals surface area contributed by atoms with Crippen LogP contribution in [0.3, 0.4) is 0 Å². The predicted octanol–water partition coefficient (Wildman–Crippen LogP) is 4.44. The molecule has 6 rings (SSSR count). The van der Waals surface area contributed by atoms with E-state index in [1.54, 1.807) is 0 Å². The van der Waals surface area contributed by atoms with Crippen molar-refractivity contribution >= 4 is 22.0 Å². The van der Waals surface area contributed by atoms with Crippen LogP contribution in [-0.2, 0) is 0 Å². The molecule has 4 bridgehead atoms. The number of hydrogen-bond acceptors (Lipinski definition) is 4. The Labute approximate surface area is 132 Å². The molecule has 2 nitrogen and oxygen atoms in total. The van der Waals surface area contributed by atoms with Crippen LogP contribution < -0.4 is 0 Å². The highest BCUT2D eigenvalue weighted by atomic mass is 33.1. The van der Waals surface area contributed by atoms with Crippen molar-refractivity contribution in [2.24, 2.45) is 23.7 Å². The lowest BCUT2D eigenvalue weighted by molar-refractivity contribution is 0.326. The van der Waals surface area contributed by atoms with Crippen LogP contribution >= 0.6 is 22.0 Å². The SMILES string of the molecule is C1CC2CCC1CN(SSN1CC3CCC(CC3)C1)C2. The predicted molar refractivity (Wildman–Crippen MR) is 89.2 cm³/mol. The lowest BCUT2D eigenvalue weighted by atomic mass is 9.84. The molecule has 0 N–H and O–H groups in total. The topological polar surface area (TPSA) is 6.48 Å². The van der Waals surface area contributed by atoms with Crippen LogP contribution in [0.5, 0.6) is 0 Å². The first-order valence-corrected chi connectivity index (χ1v) is 10.8. The second-order valence-corrected chi connectivity index (χ2v) is 9.84. The van der Waals surface area contributed by atoms with E-state index < -0.39 is 0 Å². The van der Waals surface area contributed by atoms with E-state index in [2.05, 4.69) is 30.6 Å². The van der Waals surface area contributed by atoms with Crippen LogP contribution in [-0.4, -0.2) is 34.8 Å². The summed E-state index contributed by atoms with van der Waals surface area (Å²) in [7, 11) is 4.16. The molecular formula is C16H28N2S2. The van der Waals surface area contributed by atoms with Gasteiger partial charge in [-0.2, -0.15) is 0 Å². The Morgan fingerprint density at radius 3 is 0.950 bits per heavy atom. The molecule has 6 fully saturated rings. The fourth-order valence-corrected chi connectivity index (χ4v) is 7.28. The molecule has 0 spiro atoms. The van der Waals surface area contributed by atoms with Crippen molar-refractivity contribution in [3.8, 4) is 0 Å². The first kappa shape index (κ1) is 14.2. The van der Waals surface area contributed by atoms with Gasteiger partial charge in [0.15, 0.2) is 0 Å². The van der Waals surface area contributed by atoms with Crippen molar-refractivity contribution in [2.45, 2.75) is 51.4 Å². The monoisotopic (exact) mass is 312 g/mol. The minimum atomic E-state index is 1.00. The molecule has 4 aliphatic heterocycles. The van der Waals surface area contributed by atoms with E-state index in [4.69, 9.17) is 0 Å². The third-order valence-corrected chi connectivity index (χ3v) is 8.57. The van der Waals surface area contributed by atoms with E-state index in [-0.39, 0.29) is 0 Å². The smallest absolute Gasteiger partial charge is 0.0126 e. The van der Waals surface area contributed by atoms with Gasteiger partial charge in [-0.15, -0.1) is 0 Å². The van der Waals surface area contributed by atoms with Crippen LogP contribution in [0.1, 0.15) is 51.4 Å². The summed E-state index contributed by atoms with van der Waals surface area (Å²) in [4.78, 5) is 0. The average Bonchev–Trinajstić information content (AvgIpc) is 2.95. The van der Waals surface area contributed by atoms with Crippen LogP contribution in [0, 0.1) is 23.7 Å². The third kappa shape index (κ3) is 3.34. The van der Waals surface area contributed by atoms with Crippen molar-refractivity contribution in [1.29, 1.82) is 0 Å². The third-order valence-electron chi connectivity index (χ3n) is 6.02. The van der Waals surface area contributed by atoms with Crippen LogP contribution in [0.25, 0.3) is 0 Å². The molecule has 20 heavy (non-hydrogen) atoms. The van der Waals surface area contributed by atoms with Crippen LogP contribution in [0.4, 0.5) is 0 Å². The maximum atomic E-state index is 2.70. The largest absolute Gasteiger partial charge is 0.240 e. The molecule has 2 saturated carbocycles. The van der Waals surface area contributed by atoms with Crippen molar-refractivity contribution in [1.82, 2.24) is 8.61 Å². The zero-order valence-electron chi connectivity index (χ0n) is 12.5. The fourth-order valence-electron chi connectivity index (χ4n) is 4.71. The highest BCUT2D eigenvalue weighted by Crippen LogP contribution is 2.43. The molecule has 2 aliphatic carbocycles. The van der Waals surface area contributed by atoms with E-state index in [1.807, 2.05) is 0 Å². The van der Waals surface area contributed by atoms with E-state index in [9.17, 15) is 0 Å². The van der Waals surface area contributed by atoms with Crippen molar-refractivity contribution in [2.75, 3.05) is 26.2 Å². The molecule has 0 aromatic heterocycles. The summed E-state index contributed by atoms with van der Waals surface area (Å²) in [5.74, 6) is 4.01. The Morgan fingerprint density at radius 1 is 0.450 bits per heavy atom. The maximum Gasteiger partial charge on any atom is 0.0126 e. The van der Waals surface area contributed by atoms with Crippen LogP contribution in [0.15, 0.2) is 0 Å². The number of nitrogens with zero attached hydrogens (tertiary/aromatic N) is 2. The normalized spacial score (nSPS) is 42.6. The van der Waals surface area contributed by atoms with Crippen molar-refractivity contribution in [3.05, 3.63) is 0 Å². The number of fused-ring (bicyclic) bond motifs is 8. The molecule has 0 aromatic carbocycles. The van der Waals surface area contributed by atoms with Crippen molar-refractivity contribution in [3.63, 3.8) is 0 Å². The highest BCUT2D eigenvalue weighted by molar-refractivity contribution is 8.74. The molecule has 0 aromatic rings. The van der Waals surface area contributed by atoms with E-state index in [1.165, 1.54) is 77.5 Å². The summed E-state index contributed by atoms with van der Waals surface area (Å²) in [6.07, 6.45) is 12.0. The Balaban J connectivity index is 1.29. The standard InChI is InChI=1S/C16H28N2S2/c1-2-14-4-3-13(1)9-17(10-14)19-20-18-11-15-5-6-16(12-18)8-7-15/h13-16H,1-12H2. The van der Waals surface area contributed by atoms with Gasteiger partial charge in [0.1, 0.15) is 0 Å². The zero-order chi connectivity index (χ0) is 13.4. The molecule has 0 unspecified atom stereocenters. The number of rotatable bonds is 3. The summed E-state index contributed by atoms with van der Waals surface area (Å²) >= 11 is 0. The zero-order valence-corrected chi connectivity index (χ0v) is 14.1. The van der Waals surface area contributed by atoms with E-state index in [0.717, 1.165) is 23.7 Å². The Hall–Kier alpha value is 0.620. The molecule has 4 heterocycles. The summed E-state index contributed by atoms with van der Waals surface area (Å²) in [6, 6.07) is 0. The van der Waals surface area contributed by atoms with Gasteiger partial charge in [-0.05, 0) is 75.0 Å². The van der Waals surface area contributed by atoms with Gasteiger partial charge in [0.25, 0.3) is 0 Å². The fraction of sp³-hybridized carbons (Fsp3) is 1.00. The molecule has 0 radical (unpaired) electrons. The average molecular weight is 313 g/mol. The Bertz CT molecular complexity index is 262. The molecular weight excluding hydrogens is 284 g/mol. The lowest BCUT2D eigenvalue weighted by Crippen LogP contribution is -2.24. The van der Waals surface area contributed by atoms with E-state index in [0.29, 0.717) is 0 Å². The van der Waals surface area contributed by atoms with Gasteiger partial charge in [-0.25, -0.2) is 8.61 Å². The second kappa shape index (κ2) is 6.39. The van der Waals surface area contributed by atoms with Gasteiger partial charge in [0, 0.05) is 48.1 Å². The molecule has 4 saturated heterocycles. The Morgan fingerprint density at radius 2 is 0.700 bits per heavy atom. The highest BCUT2D eigenvalue weighted by Gasteiger charge is 2.32. The summed E-state index contributed by atoms with van der Waals surface area (Å²) < 4.78 is 5.40. The summed E-state index contributed by atoms with van der Waals surface area (Å²) in [6.45, 7) is 5.42. The first-order chi connectivity index (χ1) is 9.85. The van der Waals surface area contributed by atoms with Gasteiger partial charge < -0.3 is 0 Å². The molecule has 0 atom stereocenters. The van der Waals surface area contributed by atoms with Crippen molar-refractivity contribution < 1.29 is 0 Å². The molecule has 114 valence electrons. The lowest BCUT2D eigenvalue weighted by Gasteiger charge is -2.25. The minimum absolute atomic E-state index is 1.00. The van der Waals surface area contributed by atoms with Gasteiger partial charge in [-0.1, -0.05) is 0 Å². The van der Waals surface area contributed by atoms with E-state index >= 15 is 0 Å². The number of hydrogen-bond donors (Lipinski definition) is 0. The van der Waals surface area contributed by atoms with Gasteiger partial charge >= 0.3 is 0 Å². The van der Waals surface area contributed by atoms with Gasteiger partial charge in [0.05, 0.1) is 0 Å². The Kier molecular flexibility index (Phi) is 4.55. The molecule has 4 heteroatoms. The van der Waals surface area contributed by atoms with Gasteiger partial charge in [-0.3, -0.25) is 0 Å². The minimum Gasteiger partial charge on any atom is -0.240 e. The quantitative estimate of drug-likeness (QED) is 0.561. The van der Waals surface area contributed by atoms with Gasteiger partial charge in [0.2, 0.25) is 0 Å². The van der Waals surface area contributed by atoms with Crippen LogP contribution in [0.2, 0.25) is 0 Å². The maximum absolute atomic E-state index is 2.70. The molecule has 0 amide bonds.